The van der Waals surface area contributed by atoms with E-state index >= 15 is 0 Å². The van der Waals surface area contributed by atoms with Gasteiger partial charge in [-0.2, -0.15) is 12.6 Å². The molecule has 0 saturated heterocycles. The molecule has 2 heteroatoms. The molecule has 0 atom stereocenters. The van der Waals surface area contributed by atoms with Gasteiger partial charge in [0.05, 0.1) is 0 Å². The first kappa shape index (κ1) is 6.30. The highest BCUT2D eigenvalue weighted by Gasteiger charge is 1.98. The van der Waals surface area contributed by atoms with Gasteiger partial charge in [-0.1, -0.05) is 6.08 Å². The fraction of sp³-hybridized carbons (Fsp3) is 0.333. The lowest BCUT2D eigenvalue weighted by atomic mass is 10.4. The van der Waals surface area contributed by atoms with E-state index in [2.05, 4.69) is 18.7 Å². The Kier molecular flexibility index (Phi) is 2.56. The maximum atomic E-state index is 3.96. The van der Waals surface area contributed by atoms with Crippen molar-refractivity contribution in [1.29, 1.82) is 0 Å². The summed E-state index contributed by atoms with van der Waals surface area (Å²) in [5, 5.41) is 1.78. The van der Waals surface area contributed by atoms with E-state index in [4.69, 9.17) is 0 Å². The second-order valence-corrected chi connectivity index (χ2v) is 3.03. The van der Waals surface area contributed by atoms with Crippen LogP contribution in [0.3, 0.4) is 0 Å². The minimum Gasteiger partial charge on any atom is -0.151 e. The molecule has 0 amide bonds. The Morgan fingerprint density at radius 3 is 3.12 bits per heavy atom. The van der Waals surface area contributed by atoms with Gasteiger partial charge in [-0.05, 0) is 17.9 Å². The highest BCUT2D eigenvalue weighted by Crippen LogP contribution is 2.25. The van der Waals surface area contributed by atoms with E-state index in [1.807, 2.05) is 17.8 Å². The van der Waals surface area contributed by atoms with Gasteiger partial charge in [0.2, 0.25) is 0 Å². The van der Waals surface area contributed by atoms with E-state index in [1.54, 1.807) is 5.41 Å². The van der Waals surface area contributed by atoms with Crippen molar-refractivity contribution in [3.63, 3.8) is 0 Å². The summed E-state index contributed by atoms with van der Waals surface area (Å²) in [4.78, 5) is 1.36. The molecule has 1 heterocycles. The third-order valence-corrected chi connectivity index (χ3v) is 2.20. The first-order valence-electron chi connectivity index (χ1n) is 2.57. The molecule has 0 aromatic heterocycles. The Labute approximate surface area is 59.5 Å². The van der Waals surface area contributed by atoms with Crippen LogP contribution in [0.1, 0.15) is 6.42 Å². The Hall–Kier alpha value is 0.180. The van der Waals surface area contributed by atoms with E-state index in [0.717, 1.165) is 0 Å². The highest BCUT2D eigenvalue weighted by molar-refractivity contribution is 8.03. The van der Waals surface area contributed by atoms with Gasteiger partial charge in [0, 0.05) is 10.7 Å². The van der Waals surface area contributed by atoms with Crippen LogP contribution in [-0.4, -0.2) is 5.75 Å². The van der Waals surface area contributed by atoms with Crippen LogP contribution in [0.4, 0.5) is 0 Å². The minimum atomic E-state index is 1.22. The van der Waals surface area contributed by atoms with E-state index in [-0.39, 0.29) is 0 Å². The predicted octanol–water partition coefficient (Wildman–Crippen LogP) is 2.45. The van der Waals surface area contributed by atoms with Gasteiger partial charge in [-0.25, -0.2) is 0 Å². The summed E-state index contributed by atoms with van der Waals surface area (Å²) >= 11 is 5.85. The number of rotatable bonds is 1. The Balaban J connectivity index is 2.45. The molecule has 0 aliphatic carbocycles. The lowest BCUT2D eigenvalue weighted by Gasteiger charge is -1.85. The summed E-state index contributed by atoms with van der Waals surface area (Å²) in [6.07, 6.45) is 5.48. The molecule has 1 aliphatic rings. The van der Waals surface area contributed by atoms with Gasteiger partial charge in [0.25, 0.3) is 0 Å². The maximum Gasteiger partial charge on any atom is 0.00374 e. The molecule has 0 unspecified atom stereocenters. The summed E-state index contributed by atoms with van der Waals surface area (Å²) in [5.41, 5.74) is 0. The molecule has 0 nitrogen and oxygen atoms in total. The van der Waals surface area contributed by atoms with Crippen molar-refractivity contribution in [2.24, 2.45) is 0 Å². The summed E-state index contributed by atoms with van der Waals surface area (Å²) in [7, 11) is 0. The van der Waals surface area contributed by atoms with Crippen molar-refractivity contribution in [3.8, 4) is 0 Å². The quantitative estimate of drug-likeness (QED) is 0.552. The zero-order valence-corrected chi connectivity index (χ0v) is 6.21. The number of thiol groups is 1. The standard InChI is InChI=1S/C6H8S2/c7-4-3-6-2-1-5-8-6/h2-4,7H,1,5H2. The molecular formula is C6H8S2. The lowest BCUT2D eigenvalue weighted by Crippen LogP contribution is -1.59. The molecule has 44 valence electrons. The molecule has 0 saturated carbocycles. The van der Waals surface area contributed by atoms with Crippen LogP contribution >= 0.6 is 24.4 Å². The van der Waals surface area contributed by atoms with Gasteiger partial charge < -0.3 is 0 Å². The zero-order chi connectivity index (χ0) is 5.82. The van der Waals surface area contributed by atoms with Crippen molar-refractivity contribution in [2.75, 3.05) is 5.75 Å². The lowest BCUT2D eigenvalue weighted by molar-refractivity contribution is 1.27. The zero-order valence-electron chi connectivity index (χ0n) is 4.50. The molecule has 0 N–H and O–H groups in total. The molecule has 1 rings (SSSR count). The number of hydrogen-bond donors (Lipinski definition) is 1. The summed E-state index contributed by atoms with van der Waals surface area (Å²) in [6, 6.07) is 0. The highest BCUT2D eigenvalue weighted by atomic mass is 32.2. The smallest absolute Gasteiger partial charge is 0.00374 e. The molecule has 0 spiro atoms. The first-order valence-corrected chi connectivity index (χ1v) is 4.07. The SMILES string of the molecule is SC=CC1=CCCS1. The van der Waals surface area contributed by atoms with E-state index in [1.165, 1.54) is 17.1 Å². The van der Waals surface area contributed by atoms with Gasteiger partial charge in [0.1, 0.15) is 0 Å². The fourth-order valence-corrected chi connectivity index (χ4v) is 1.76. The Morgan fingerprint density at radius 1 is 1.75 bits per heavy atom. The van der Waals surface area contributed by atoms with Crippen molar-refractivity contribution in [2.45, 2.75) is 6.42 Å². The van der Waals surface area contributed by atoms with Crippen molar-refractivity contribution >= 4 is 24.4 Å². The molecule has 0 aromatic rings. The van der Waals surface area contributed by atoms with Crippen LogP contribution in [0.25, 0.3) is 0 Å². The molecule has 0 aromatic carbocycles. The van der Waals surface area contributed by atoms with E-state index in [9.17, 15) is 0 Å². The molecule has 0 fully saturated rings. The maximum absolute atomic E-state index is 3.96. The molecule has 0 bridgehead atoms. The molecule has 0 radical (unpaired) electrons. The van der Waals surface area contributed by atoms with Crippen molar-refractivity contribution < 1.29 is 0 Å². The van der Waals surface area contributed by atoms with Crippen molar-refractivity contribution in [3.05, 3.63) is 22.5 Å². The minimum absolute atomic E-state index is 1.22. The second kappa shape index (κ2) is 3.25. The number of allylic oxidation sites excluding steroid dienone is 2. The van der Waals surface area contributed by atoms with Crippen molar-refractivity contribution in [1.82, 2.24) is 0 Å². The fourth-order valence-electron chi connectivity index (χ4n) is 0.627. The van der Waals surface area contributed by atoms with Crippen LogP contribution in [0.5, 0.6) is 0 Å². The summed E-state index contributed by atoms with van der Waals surface area (Å²) in [6.45, 7) is 0. The topological polar surface area (TPSA) is 0 Å². The summed E-state index contributed by atoms with van der Waals surface area (Å²) in [5.74, 6) is 1.24. The van der Waals surface area contributed by atoms with Crippen LogP contribution in [0, 0.1) is 0 Å². The Bertz CT molecular complexity index is 124. The predicted molar refractivity (Wildman–Crippen MR) is 43.3 cm³/mol. The van der Waals surface area contributed by atoms with Crippen LogP contribution in [0.2, 0.25) is 0 Å². The monoisotopic (exact) mass is 144 g/mol. The largest absolute Gasteiger partial charge is 0.151 e. The summed E-state index contributed by atoms with van der Waals surface area (Å²) < 4.78 is 0. The van der Waals surface area contributed by atoms with E-state index < -0.39 is 0 Å². The van der Waals surface area contributed by atoms with Gasteiger partial charge in [-0.3, -0.25) is 0 Å². The average Bonchev–Trinajstić information content (AvgIpc) is 2.19. The number of thioether (sulfide) groups is 1. The third-order valence-electron chi connectivity index (χ3n) is 0.971. The van der Waals surface area contributed by atoms with E-state index in [0.29, 0.717) is 0 Å². The Morgan fingerprint density at radius 2 is 2.62 bits per heavy atom. The van der Waals surface area contributed by atoms with Crippen LogP contribution in [0.15, 0.2) is 22.5 Å². The van der Waals surface area contributed by atoms with Gasteiger partial charge in [-0.15, -0.1) is 11.8 Å². The molecular weight excluding hydrogens is 136 g/mol. The molecule has 1 aliphatic heterocycles. The molecule has 8 heavy (non-hydrogen) atoms. The normalized spacial score (nSPS) is 19.9. The number of hydrogen-bond acceptors (Lipinski definition) is 2. The van der Waals surface area contributed by atoms with Crippen LogP contribution in [-0.2, 0) is 0 Å². The average molecular weight is 144 g/mol. The first-order chi connectivity index (χ1) is 3.93. The van der Waals surface area contributed by atoms with Gasteiger partial charge >= 0.3 is 0 Å². The van der Waals surface area contributed by atoms with Gasteiger partial charge in [0.15, 0.2) is 0 Å². The van der Waals surface area contributed by atoms with Crippen LogP contribution < -0.4 is 0 Å². The third kappa shape index (κ3) is 1.60. The second-order valence-electron chi connectivity index (χ2n) is 1.56.